The summed E-state index contributed by atoms with van der Waals surface area (Å²) in [5.74, 6) is 1.15. The Morgan fingerprint density at radius 2 is 2.00 bits per heavy atom. The molecule has 8 nitrogen and oxygen atoms in total. The summed E-state index contributed by atoms with van der Waals surface area (Å²) in [5.41, 5.74) is 2.81. The van der Waals surface area contributed by atoms with Gasteiger partial charge in [-0.2, -0.15) is 4.68 Å². The van der Waals surface area contributed by atoms with Gasteiger partial charge in [-0.05, 0) is 60.0 Å². The first-order chi connectivity index (χ1) is 14.6. The van der Waals surface area contributed by atoms with E-state index >= 15 is 0 Å². The van der Waals surface area contributed by atoms with E-state index in [1.54, 1.807) is 22.9 Å². The minimum absolute atomic E-state index is 0.150. The standard InChI is InChI=1S/C21H23N5O3S/c1-3-4-5-15-6-9-17(10-7-15)26-21(23-24-25-26)30-14(2)20(27)22-16-8-11-18-19(12-16)29-13-28-18/h6-12,14H,3-5,13H2,1-2H3,(H,22,27)/t14-/m1/s1. The lowest BCUT2D eigenvalue weighted by atomic mass is 10.1. The lowest BCUT2D eigenvalue weighted by Crippen LogP contribution is -2.22. The molecule has 0 saturated carbocycles. The van der Waals surface area contributed by atoms with E-state index in [2.05, 4.69) is 39.9 Å². The van der Waals surface area contributed by atoms with Gasteiger partial charge in [0.2, 0.25) is 17.9 Å². The molecule has 4 rings (SSSR count). The van der Waals surface area contributed by atoms with E-state index in [-0.39, 0.29) is 12.7 Å². The number of nitrogens with zero attached hydrogens (tertiary/aromatic N) is 4. The Balaban J connectivity index is 1.41. The highest BCUT2D eigenvalue weighted by molar-refractivity contribution is 8.00. The average molecular weight is 426 g/mol. The topological polar surface area (TPSA) is 91.2 Å². The monoisotopic (exact) mass is 425 g/mol. The molecule has 9 heteroatoms. The quantitative estimate of drug-likeness (QED) is 0.548. The summed E-state index contributed by atoms with van der Waals surface area (Å²) in [6.45, 7) is 4.20. The molecule has 0 radical (unpaired) electrons. The van der Waals surface area contributed by atoms with E-state index in [1.807, 2.05) is 19.1 Å². The summed E-state index contributed by atoms with van der Waals surface area (Å²) in [6.07, 6.45) is 3.40. The third-order valence-corrected chi connectivity index (χ3v) is 5.77. The Bertz CT molecular complexity index is 1020. The molecule has 0 saturated heterocycles. The van der Waals surface area contributed by atoms with Crippen LogP contribution in [-0.2, 0) is 11.2 Å². The molecule has 1 atom stereocenters. The molecule has 1 N–H and O–H groups in total. The van der Waals surface area contributed by atoms with Gasteiger partial charge in [0.25, 0.3) is 0 Å². The van der Waals surface area contributed by atoms with Crippen molar-refractivity contribution < 1.29 is 14.3 Å². The van der Waals surface area contributed by atoms with Crippen molar-refractivity contribution in [3.05, 3.63) is 48.0 Å². The lowest BCUT2D eigenvalue weighted by Gasteiger charge is -2.12. The zero-order chi connectivity index (χ0) is 20.9. The Hall–Kier alpha value is -3.07. The van der Waals surface area contributed by atoms with Crippen molar-refractivity contribution in [1.29, 1.82) is 0 Å². The third-order valence-electron chi connectivity index (χ3n) is 4.73. The van der Waals surface area contributed by atoms with Gasteiger partial charge in [-0.15, -0.1) is 5.10 Å². The second-order valence-corrected chi connectivity index (χ2v) is 8.27. The molecule has 2 aromatic carbocycles. The number of anilines is 1. The predicted octanol–water partition coefficient (Wildman–Crippen LogP) is 3.85. The number of fused-ring (bicyclic) bond motifs is 1. The number of aromatic nitrogens is 4. The van der Waals surface area contributed by atoms with Crippen LogP contribution < -0.4 is 14.8 Å². The maximum atomic E-state index is 12.6. The van der Waals surface area contributed by atoms with Crippen LogP contribution in [0.5, 0.6) is 11.5 Å². The molecular weight excluding hydrogens is 402 g/mol. The fourth-order valence-corrected chi connectivity index (χ4v) is 3.84. The van der Waals surface area contributed by atoms with Crippen LogP contribution in [-0.4, -0.2) is 38.2 Å². The number of amides is 1. The van der Waals surface area contributed by atoms with Crippen molar-refractivity contribution in [2.75, 3.05) is 12.1 Å². The van der Waals surface area contributed by atoms with Gasteiger partial charge in [0.15, 0.2) is 11.5 Å². The summed E-state index contributed by atoms with van der Waals surface area (Å²) in [4.78, 5) is 12.6. The molecule has 156 valence electrons. The third kappa shape index (κ3) is 4.56. The SMILES string of the molecule is CCCCc1ccc(-n2nnnc2S[C@H](C)C(=O)Nc2ccc3c(c2)OCO3)cc1. The molecule has 1 aromatic heterocycles. The highest BCUT2D eigenvalue weighted by atomic mass is 32.2. The van der Waals surface area contributed by atoms with Crippen molar-refractivity contribution in [1.82, 2.24) is 20.2 Å². The summed E-state index contributed by atoms with van der Waals surface area (Å²) in [6, 6.07) is 13.5. The number of nitrogens with one attached hydrogen (secondary N) is 1. The van der Waals surface area contributed by atoms with Gasteiger partial charge in [-0.3, -0.25) is 4.79 Å². The molecule has 30 heavy (non-hydrogen) atoms. The van der Waals surface area contributed by atoms with Crippen LogP contribution in [0.1, 0.15) is 32.3 Å². The maximum absolute atomic E-state index is 12.6. The van der Waals surface area contributed by atoms with Gasteiger partial charge in [-0.1, -0.05) is 37.2 Å². The first-order valence-electron chi connectivity index (χ1n) is 9.89. The zero-order valence-electron chi connectivity index (χ0n) is 16.9. The summed E-state index contributed by atoms with van der Waals surface area (Å²) >= 11 is 1.30. The molecule has 1 aliphatic heterocycles. The number of carbonyl (C=O) groups is 1. The number of aryl methyl sites for hydroxylation is 1. The van der Waals surface area contributed by atoms with E-state index in [4.69, 9.17) is 9.47 Å². The Labute approximate surface area is 179 Å². The van der Waals surface area contributed by atoms with E-state index in [1.165, 1.54) is 30.2 Å². The fraction of sp³-hybridized carbons (Fsp3) is 0.333. The fourth-order valence-electron chi connectivity index (χ4n) is 3.03. The predicted molar refractivity (Wildman–Crippen MR) is 114 cm³/mol. The number of ether oxygens (including phenoxy) is 2. The van der Waals surface area contributed by atoms with E-state index in [0.717, 1.165) is 12.1 Å². The number of carbonyl (C=O) groups excluding carboxylic acids is 1. The maximum Gasteiger partial charge on any atom is 0.237 e. The number of hydrogen-bond donors (Lipinski definition) is 1. The minimum atomic E-state index is -0.399. The first-order valence-corrected chi connectivity index (χ1v) is 10.8. The number of hydrogen-bond acceptors (Lipinski definition) is 7. The first kappa shape index (κ1) is 20.2. The lowest BCUT2D eigenvalue weighted by molar-refractivity contribution is -0.115. The average Bonchev–Trinajstić information content (AvgIpc) is 3.41. The van der Waals surface area contributed by atoms with Crippen molar-refractivity contribution in [2.45, 2.75) is 43.5 Å². The molecule has 1 aliphatic rings. The molecule has 0 fully saturated rings. The van der Waals surface area contributed by atoms with E-state index in [0.29, 0.717) is 22.3 Å². The van der Waals surface area contributed by atoms with Gasteiger partial charge in [0.05, 0.1) is 10.9 Å². The molecule has 0 unspecified atom stereocenters. The largest absolute Gasteiger partial charge is 0.454 e. The highest BCUT2D eigenvalue weighted by Gasteiger charge is 2.21. The van der Waals surface area contributed by atoms with Crippen LogP contribution in [0.15, 0.2) is 47.6 Å². The summed E-state index contributed by atoms with van der Waals surface area (Å²) in [5, 5.41) is 15.0. The zero-order valence-corrected chi connectivity index (χ0v) is 17.7. The molecule has 3 aromatic rings. The van der Waals surface area contributed by atoms with Gasteiger partial charge >= 0.3 is 0 Å². The van der Waals surface area contributed by atoms with Crippen LogP contribution in [0.2, 0.25) is 0 Å². The smallest absolute Gasteiger partial charge is 0.237 e. The normalized spacial score (nSPS) is 13.3. The van der Waals surface area contributed by atoms with Crippen LogP contribution in [0.4, 0.5) is 5.69 Å². The molecule has 0 spiro atoms. The highest BCUT2D eigenvalue weighted by Crippen LogP contribution is 2.34. The number of rotatable bonds is 8. The van der Waals surface area contributed by atoms with Crippen molar-refractivity contribution in [2.24, 2.45) is 0 Å². The molecule has 0 bridgehead atoms. The van der Waals surface area contributed by atoms with Crippen LogP contribution in [0, 0.1) is 0 Å². The second kappa shape index (κ2) is 9.17. The Morgan fingerprint density at radius 1 is 1.20 bits per heavy atom. The van der Waals surface area contributed by atoms with Gasteiger partial charge in [0, 0.05) is 11.8 Å². The second-order valence-electron chi connectivity index (χ2n) is 6.96. The van der Waals surface area contributed by atoms with Gasteiger partial charge in [-0.25, -0.2) is 0 Å². The van der Waals surface area contributed by atoms with Gasteiger partial charge < -0.3 is 14.8 Å². The number of benzene rings is 2. The van der Waals surface area contributed by atoms with Crippen molar-refractivity contribution in [3.63, 3.8) is 0 Å². The van der Waals surface area contributed by atoms with E-state index in [9.17, 15) is 4.79 Å². The number of tetrazole rings is 1. The van der Waals surface area contributed by atoms with E-state index < -0.39 is 5.25 Å². The summed E-state index contributed by atoms with van der Waals surface area (Å²) in [7, 11) is 0. The summed E-state index contributed by atoms with van der Waals surface area (Å²) < 4.78 is 12.3. The molecular formula is C21H23N5O3S. The van der Waals surface area contributed by atoms with Gasteiger partial charge in [0.1, 0.15) is 0 Å². The Kier molecular flexibility index (Phi) is 6.18. The number of thioether (sulfide) groups is 1. The van der Waals surface area contributed by atoms with Crippen LogP contribution in [0.3, 0.4) is 0 Å². The minimum Gasteiger partial charge on any atom is -0.454 e. The number of unbranched alkanes of at least 4 members (excludes halogenated alkanes) is 1. The van der Waals surface area contributed by atoms with Crippen LogP contribution in [0.25, 0.3) is 5.69 Å². The van der Waals surface area contributed by atoms with Crippen LogP contribution >= 0.6 is 11.8 Å². The Morgan fingerprint density at radius 3 is 2.80 bits per heavy atom. The van der Waals surface area contributed by atoms with Crippen molar-refractivity contribution in [3.8, 4) is 17.2 Å². The molecule has 1 amide bonds. The molecule has 2 heterocycles. The molecule has 0 aliphatic carbocycles. The van der Waals surface area contributed by atoms with Crippen molar-refractivity contribution >= 4 is 23.4 Å².